The van der Waals surface area contributed by atoms with Crippen molar-refractivity contribution in [2.24, 2.45) is 0 Å². The van der Waals surface area contributed by atoms with E-state index in [9.17, 15) is 0 Å². The van der Waals surface area contributed by atoms with Gasteiger partial charge in [0.25, 0.3) is 0 Å². The predicted molar refractivity (Wildman–Crippen MR) is 67.8 cm³/mol. The first-order valence-electron chi connectivity index (χ1n) is 5.32. The first-order valence-corrected chi connectivity index (χ1v) is 9.05. The van der Waals surface area contributed by atoms with Gasteiger partial charge in [0.05, 0.1) is 13.2 Å². The topological polar surface area (TPSA) is 55.2 Å². The summed E-state index contributed by atoms with van der Waals surface area (Å²) in [5.41, 5.74) is 0. The van der Waals surface area contributed by atoms with Crippen LogP contribution in [-0.2, 0) is 17.6 Å². The van der Waals surface area contributed by atoms with Gasteiger partial charge in [-0.1, -0.05) is 32.1 Å². The molecule has 0 amide bonds. The maximum atomic E-state index is 8.88. The zero-order chi connectivity index (χ0) is 12.4. The number of rotatable bonds is 4. The summed E-state index contributed by atoms with van der Waals surface area (Å²) in [6.45, 7) is 11.5. The zero-order valence-electron chi connectivity index (χ0n) is 10.6. The maximum absolute atomic E-state index is 8.88. The van der Waals surface area contributed by atoms with E-state index in [0.717, 1.165) is 5.01 Å². The quantitative estimate of drug-likeness (QED) is 0.845. The monoisotopic (exact) mass is 260 g/mol. The fourth-order valence-corrected chi connectivity index (χ4v) is 2.52. The lowest BCUT2D eigenvalue weighted by Gasteiger charge is -2.35. The van der Waals surface area contributed by atoms with Crippen molar-refractivity contribution in [3.05, 3.63) is 10.0 Å². The summed E-state index contributed by atoms with van der Waals surface area (Å²) in [5.74, 6) is 0. The van der Waals surface area contributed by atoms with Crippen molar-refractivity contribution in [1.82, 2.24) is 10.2 Å². The average molecular weight is 260 g/mol. The largest absolute Gasteiger partial charge is 0.410 e. The van der Waals surface area contributed by atoms with E-state index in [1.165, 1.54) is 11.3 Å². The van der Waals surface area contributed by atoms with Crippen LogP contribution in [-0.4, -0.2) is 23.6 Å². The highest BCUT2D eigenvalue weighted by Gasteiger charge is 2.37. The van der Waals surface area contributed by atoms with Gasteiger partial charge in [0, 0.05) is 0 Å². The highest BCUT2D eigenvalue weighted by Crippen LogP contribution is 2.37. The minimum absolute atomic E-state index is 0.0439. The minimum atomic E-state index is -1.71. The SMILES string of the molecule is CC(C)(C)[Si](C)(C)OCc1nnc(CO)s1. The van der Waals surface area contributed by atoms with Crippen LogP contribution >= 0.6 is 11.3 Å². The van der Waals surface area contributed by atoms with Crippen molar-refractivity contribution in [1.29, 1.82) is 0 Å². The van der Waals surface area contributed by atoms with E-state index >= 15 is 0 Å². The Morgan fingerprint density at radius 1 is 1.25 bits per heavy atom. The molecule has 1 rings (SSSR count). The molecule has 0 saturated carbocycles. The van der Waals surface area contributed by atoms with Gasteiger partial charge in [-0.25, -0.2) is 0 Å². The van der Waals surface area contributed by atoms with Crippen LogP contribution in [0.25, 0.3) is 0 Å². The smallest absolute Gasteiger partial charge is 0.192 e. The number of aliphatic hydroxyl groups excluding tert-OH is 1. The second kappa shape index (κ2) is 4.91. The molecule has 0 aliphatic heterocycles. The molecule has 0 fully saturated rings. The Labute approximate surface area is 102 Å². The van der Waals surface area contributed by atoms with Crippen molar-refractivity contribution in [3.8, 4) is 0 Å². The van der Waals surface area contributed by atoms with Crippen molar-refractivity contribution >= 4 is 19.7 Å². The van der Waals surface area contributed by atoms with Crippen LogP contribution in [0, 0.1) is 0 Å². The van der Waals surface area contributed by atoms with Crippen LogP contribution in [0.1, 0.15) is 30.8 Å². The van der Waals surface area contributed by atoms with Gasteiger partial charge < -0.3 is 9.53 Å². The molecule has 6 heteroatoms. The molecule has 16 heavy (non-hydrogen) atoms. The molecule has 0 spiro atoms. The highest BCUT2D eigenvalue weighted by molar-refractivity contribution is 7.11. The Hall–Kier alpha value is -0.303. The molecule has 0 saturated heterocycles. The fraction of sp³-hybridized carbons (Fsp3) is 0.800. The summed E-state index contributed by atoms with van der Waals surface area (Å²) in [5, 5.41) is 18.4. The van der Waals surface area contributed by atoms with E-state index in [2.05, 4.69) is 44.1 Å². The van der Waals surface area contributed by atoms with E-state index in [1.807, 2.05) is 0 Å². The maximum Gasteiger partial charge on any atom is 0.192 e. The molecule has 0 radical (unpaired) electrons. The van der Waals surface area contributed by atoms with Crippen molar-refractivity contribution in [3.63, 3.8) is 0 Å². The molecular formula is C10H20N2O2SSi. The van der Waals surface area contributed by atoms with E-state index in [1.54, 1.807) is 0 Å². The van der Waals surface area contributed by atoms with Crippen LogP contribution < -0.4 is 0 Å². The highest BCUT2D eigenvalue weighted by atomic mass is 32.1. The molecule has 1 aromatic heterocycles. The number of hydrogen-bond donors (Lipinski definition) is 1. The molecule has 4 nitrogen and oxygen atoms in total. The third-order valence-corrected chi connectivity index (χ3v) is 8.37. The van der Waals surface area contributed by atoms with Gasteiger partial charge in [0.1, 0.15) is 10.0 Å². The molecule has 1 aromatic rings. The molecule has 1 heterocycles. The van der Waals surface area contributed by atoms with E-state index in [-0.39, 0.29) is 11.6 Å². The van der Waals surface area contributed by atoms with E-state index in [4.69, 9.17) is 9.53 Å². The van der Waals surface area contributed by atoms with Gasteiger partial charge >= 0.3 is 0 Å². The summed E-state index contributed by atoms with van der Waals surface area (Å²) in [4.78, 5) is 0. The summed E-state index contributed by atoms with van der Waals surface area (Å²) in [6, 6.07) is 0. The van der Waals surface area contributed by atoms with Crippen LogP contribution in [0.3, 0.4) is 0 Å². The normalized spacial score (nSPS) is 13.1. The van der Waals surface area contributed by atoms with Crippen LogP contribution in [0.2, 0.25) is 18.1 Å². The number of aromatic nitrogens is 2. The fourth-order valence-electron chi connectivity index (χ4n) is 0.869. The first kappa shape index (κ1) is 13.8. The Balaban J connectivity index is 2.57. The Kier molecular flexibility index (Phi) is 4.22. The third kappa shape index (κ3) is 3.34. The lowest BCUT2D eigenvalue weighted by Crippen LogP contribution is -2.40. The van der Waals surface area contributed by atoms with E-state index in [0.29, 0.717) is 11.6 Å². The molecule has 0 aromatic carbocycles. The van der Waals surface area contributed by atoms with Gasteiger partial charge in [-0.15, -0.1) is 10.2 Å². The molecule has 92 valence electrons. The summed E-state index contributed by atoms with van der Waals surface area (Å²) in [7, 11) is -1.71. The average Bonchev–Trinajstić information content (AvgIpc) is 2.60. The van der Waals surface area contributed by atoms with Gasteiger partial charge in [-0.3, -0.25) is 0 Å². The molecule has 0 bridgehead atoms. The summed E-state index contributed by atoms with van der Waals surface area (Å²) in [6.07, 6.45) is 0. The first-order chi connectivity index (χ1) is 7.26. The molecule has 0 unspecified atom stereocenters. The van der Waals surface area contributed by atoms with Gasteiger partial charge in [0.2, 0.25) is 0 Å². The Morgan fingerprint density at radius 3 is 2.25 bits per heavy atom. The molecular weight excluding hydrogens is 240 g/mol. The van der Waals surface area contributed by atoms with E-state index < -0.39 is 8.32 Å². The Bertz CT molecular complexity index is 347. The van der Waals surface area contributed by atoms with Crippen LogP contribution in [0.15, 0.2) is 0 Å². The zero-order valence-corrected chi connectivity index (χ0v) is 12.4. The van der Waals surface area contributed by atoms with Gasteiger partial charge in [-0.2, -0.15) is 0 Å². The Morgan fingerprint density at radius 2 is 1.81 bits per heavy atom. The molecule has 0 aliphatic carbocycles. The van der Waals surface area contributed by atoms with Gasteiger partial charge in [-0.05, 0) is 18.1 Å². The molecule has 1 N–H and O–H groups in total. The summed E-state index contributed by atoms with van der Waals surface area (Å²) >= 11 is 1.41. The molecule has 0 atom stereocenters. The van der Waals surface area contributed by atoms with Crippen LogP contribution in [0.4, 0.5) is 0 Å². The number of aliphatic hydroxyl groups is 1. The lowest BCUT2D eigenvalue weighted by atomic mass is 10.2. The van der Waals surface area contributed by atoms with Crippen LogP contribution in [0.5, 0.6) is 0 Å². The lowest BCUT2D eigenvalue weighted by molar-refractivity contribution is 0.274. The van der Waals surface area contributed by atoms with Crippen molar-refractivity contribution in [2.75, 3.05) is 0 Å². The second-order valence-corrected chi connectivity index (χ2v) is 11.3. The second-order valence-electron chi connectivity index (χ2n) is 5.30. The van der Waals surface area contributed by atoms with Gasteiger partial charge in [0.15, 0.2) is 8.32 Å². The predicted octanol–water partition coefficient (Wildman–Crippen LogP) is 2.55. The number of nitrogens with zero attached hydrogens (tertiary/aromatic N) is 2. The standard InChI is InChI=1S/C10H20N2O2SSi/c1-10(2,3)16(4,5)14-7-9-12-11-8(6-13)15-9/h13H,6-7H2,1-5H3. The molecule has 0 aliphatic rings. The number of hydrogen-bond acceptors (Lipinski definition) is 5. The van der Waals surface area contributed by atoms with Crippen molar-refractivity contribution in [2.45, 2.75) is 52.1 Å². The minimum Gasteiger partial charge on any atom is -0.410 e. The summed E-state index contributed by atoms with van der Waals surface area (Å²) < 4.78 is 6.00. The van der Waals surface area contributed by atoms with Crippen molar-refractivity contribution < 1.29 is 9.53 Å². The third-order valence-electron chi connectivity index (χ3n) is 3.01.